The largest absolute Gasteiger partial charge is 0.497 e. The minimum atomic E-state index is 0.189. The van der Waals surface area contributed by atoms with Crippen LogP contribution in [0, 0.1) is 0 Å². The van der Waals surface area contributed by atoms with Gasteiger partial charge in [0.25, 0.3) is 0 Å². The minimum Gasteiger partial charge on any atom is -0.497 e. The molecule has 5 rings (SSSR count). The predicted molar refractivity (Wildman–Crippen MR) is 108 cm³/mol. The van der Waals surface area contributed by atoms with Gasteiger partial charge in [-0.05, 0) is 29.8 Å². The highest BCUT2D eigenvalue weighted by molar-refractivity contribution is 5.79. The highest BCUT2D eigenvalue weighted by Crippen LogP contribution is 2.28. The van der Waals surface area contributed by atoms with E-state index in [2.05, 4.69) is 33.1 Å². The zero-order chi connectivity index (χ0) is 18.9. The Kier molecular flexibility index (Phi) is 4.43. The van der Waals surface area contributed by atoms with E-state index < -0.39 is 0 Å². The monoisotopic (exact) mass is 374 g/mol. The van der Waals surface area contributed by atoms with Crippen LogP contribution in [0.15, 0.2) is 54.7 Å². The smallest absolute Gasteiger partial charge is 0.136 e. The molecule has 4 aromatic rings. The number of methoxy groups -OCH3 is 1. The molecule has 3 heterocycles. The van der Waals surface area contributed by atoms with Crippen molar-refractivity contribution in [3.8, 4) is 5.75 Å². The number of hydrogen-bond donors (Lipinski definition) is 1. The normalized spacial score (nSPS) is 16.4. The van der Waals surface area contributed by atoms with Gasteiger partial charge >= 0.3 is 0 Å². The zero-order valence-electron chi connectivity index (χ0n) is 15.8. The highest BCUT2D eigenvalue weighted by atomic mass is 16.5. The Bertz CT molecular complexity index is 1140. The zero-order valence-corrected chi connectivity index (χ0v) is 15.8. The van der Waals surface area contributed by atoms with E-state index in [1.807, 2.05) is 36.5 Å². The average molecular weight is 374 g/mol. The first-order chi connectivity index (χ1) is 13.8. The Balaban J connectivity index is 1.35. The van der Waals surface area contributed by atoms with E-state index in [-0.39, 0.29) is 6.04 Å². The number of imidazole rings is 1. The molecule has 0 unspecified atom stereocenters. The van der Waals surface area contributed by atoms with Crippen molar-refractivity contribution in [1.82, 2.24) is 19.9 Å². The maximum atomic E-state index is 5.79. The molecule has 0 radical (unpaired) electrons. The molecule has 1 atom stereocenters. The Morgan fingerprint density at radius 1 is 1.18 bits per heavy atom. The van der Waals surface area contributed by atoms with Gasteiger partial charge in [-0.2, -0.15) is 0 Å². The lowest BCUT2D eigenvalue weighted by Gasteiger charge is -2.26. The number of benzene rings is 2. The molecule has 2 aromatic carbocycles. The van der Waals surface area contributed by atoms with Crippen LogP contribution >= 0.6 is 0 Å². The van der Waals surface area contributed by atoms with Gasteiger partial charge in [0, 0.05) is 30.7 Å². The standard InChI is InChI=1S/C22H22N4O2/c1-27-18-6-7-20-21(9-18)26-17(13-28-14-22(26)25-20)12-23-10-15-8-16-4-2-3-5-19(16)24-11-15/h2-9,11,17,23H,10,12-14H2,1H3/t17-/m0/s1. The van der Waals surface area contributed by atoms with E-state index >= 15 is 0 Å². The summed E-state index contributed by atoms with van der Waals surface area (Å²) in [5.41, 5.74) is 4.27. The summed E-state index contributed by atoms with van der Waals surface area (Å²) in [5.74, 6) is 1.81. The molecule has 0 saturated carbocycles. The lowest BCUT2D eigenvalue weighted by Crippen LogP contribution is -2.32. The van der Waals surface area contributed by atoms with Crippen LogP contribution in [0.2, 0.25) is 0 Å². The number of aromatic nitrogens is 3. The van der Waals surface area contributed by atoms with E-state index in [4.69, 9.17) is 14.5 Å². The van der Waals surface area contributed by atoms with Crippen molar-refractivity contribution in [2.75, 3.05) is 20.3 Å². The molecule has 0 saturated heterocycles. The van der Waals surface area contributed by atoms with Gasteiger partial charge in [0.05, 0.1) is 36.3 Å². The summed E-state index contributed by atoms with van der Waals surface area (Å²) < 4.78 is 13.5. The molecular weight excluding hydrogens is 352 g/mol. The summed E-state index contributed by atoms with van der Waals surface area (Å²) in [4.78, 5) is 9.26. The second kappa shape index (κ2) is 7.22. The molecule has 28 heavy (non-hydrogen) atoms. The molecule has 0 bridgehead atoms. The van der Waals surface area contributed by atoms with E-state index in [9.17, 15) is 0 Å². The van der Waals surface area contributed by atoms with Gasteiger partial charge in [0.1, 0.15) is 18.2 Å². The molecule has 6 heteroatoms. The number of pyridine rings is 1. The third kappa shape index (κ3) is 3.10. The van der Waals surface area contributed by atoms with Gasteiger partial charge in [-0.25, -0.2) is 4.98 Å². The molecular formula is C22H22N4O2. The van der Waals surface area contributed by atoms with Crippen LogP contribution in [-0.4, -0.2) is 34.8 Å². The fourth-order valence-electron chi connectivity index (χ4n) is 3.87. The summed E-state index contributed by atoms with van der Waals surface area (Å²) in [6.45, 7) is 2.77. The van der Waals surface area contributed by atoms with Crippen molar-refractivity contribution >= 4 is 21.9 Å². The minimum absolute atomic E-state index is 0.189. The van der Waals surface area contributed by atoms with Crippen LogP contribution < -0.4 is 10.1 Å². The highest BCUT2D eigenvalue weighted by Gasteiger charge is 2.24. The van der Waals surface area contributed by atoms with Crippen LogP contribution in [0.4, 0.5) is 0 Å². The number of fused-ring (bicyclic) bond motifs is 4. The molecule has 0 aliphatic carbocycles. The lowest BCUT2D eigenvalue weighted by atomic mass is 10.1. The Labute approximate surface area is 163 Å². The number of nitrogens with one attached hydrogen (secondary N) is 1. The van der Waals surface area contributed by atoms with Crippen LogP contribution in [0.1, 0.15) is 17.4 Å². The van der Waals surface area contributed by atoms with Crippen molar-refractivity contribution < 1.29 is 9.47 Å². The Morgan fingerprint density at radius 2 is 2.11 bits per heavy atom. The van der Waals surface area contributed by atoms with Crippen molar-refractivity contribution in [2.45, 2.75) is 19.2 Å². The van der Waals surface area contributed by atoms with Gasteiger partial charge in [-0.3, -0.25) is 4.98 Å². The molecule has 142 valence electrons. The maximum Gasteiger partial charge on any atom is 0.136 e. The Hall–Kier alpha value is -2.96. The van der Waals surface area contributed by atoms with Gasteiger partial charge in [0.15, 0.2) is 0 Å². The third-order valence-electron chi connectivity index (χ3n) is 5.23. The van der Waals surface area contributed by atoms with Gasteiger partial charge in [-0.15, -0.1) is 0 Å². The number of para-hydroxylation sites is 1. The Morgan fingerprint density at radius 3 is 3.04 bits per heavy atom. The topological polar surface area (TPSA) is 61.2 Å². The third-order valence-corrected chi connectivity index (χ3v) is 5.23. The van der Waals surface area contributed by atoms with Crippen molar-refractivity contribution in [1.29, 1.82) is 0 Å². The summed E-state index contributed by atoms with van der Waals surface area (Å²) in [6, 6.07) is 16.6. The molecule has 2 aromatic heterocycles. The SMILES string of the molecule is COc1ccc2nc3n(c2c1)[C@@H](CNCc1cnc2ccccc2c1)COC3. The summed E-state index contributed by atoms with van der Waals surface area (Å²) in [6.07, 6.45) is 1.94. The number of rotatable bonds is 5. The summed E-state index contributed by atoms with van der Waals surface area (Å²) in [5, 5.41) is 4.72. The molecule has 1 N–H and O–H groups in total. The van der Waals surface area contributed by atoms with Crippen molar-refractivity contribution in [2.24, 2.45) is 0 Å². The van der Waals surface area contributed by atoms with Crippen LogP contribution in [0.3, 0.4) is 0 Å². The first-order valence-corrected chi connectivity index (χ1v) is 9.49. The average Bonchev–Trinajstić information content (AvgIpc) is 3.12. The second-order valence-electron chi connectivity index (χ2n) is 7.09. The molecule has 0 fully saturated rings. The van der Waals surface area contributed by atoms with Crippen LogP contribution in [0.5, 0.6) is 5.75 Å². The second-order valence-corrected chi connectivity index (χ2v) is 7.09. The van der Waals surface area contributed by atoms with Gasteiger partial charge < -0.3 is 19.4 Å². The van der Waals surface area contributed by atoms with Gasteiger partial charge in [0.2, 0.25) is 0 Å². The van der Waals surface area contributed by atoms with Crippen molar-refractivity contribution in [3.63, 3.8) is 0 Å². The number of nitrogens with zero attached hydrogens (tertiary/aromatic N) is 3. The molecule has 0 spiro atoms. The number of ether oxygens (including phenoxy) is 2. The first-order valence-electron chi connectivity index (χ1n) is 9.49. The quantitative estimate of drug-likeness (QED) is 0.580. The summed E-state index contributed by atoms with van der Waals surface area (Å²) >= 11 is 0. The van der Waals surface area contributed by atoms with E-state index in [0.717, 1.165) is 46.6 Å². The summed E-state index contributed by atoms with van der Waals surface area (Å²) in [7, 11) is 1.69. The van der Waals surface area contributed by atoms with E-state index in [1.165, 1.54) is 5.56 Å². The maximum absolute atomic E-state index is 5.79. The van der Waals surface area contributed by atoms with Gasteiger partial charge in [-0.1, -0.05) is 18.2 Å². The lowest BCUT2D eigenvalue weighted by molar-refractivity contribution is 0.0564. The molecule has 1 aliphatic heterocycles. The molecule has 6 nitrogen and oxygen atoms in total. The molecule has 1 aliphatic rings. The van der Waals surface area contributed by atoms with Crippen LogP contribution in [0.25, 0.3) is 21.9 Å². The first kappa shape index (κ1) is 17.2. The predicted octanol–water partition coefficient (Wildman–Crippen LogP) is 3.45. The fraction of sp³-hybridized carbons (Fsp3) is 0.273. The van der Waals surface area contributed by atoms with E-state index in [0.29, 0.717) is 13.2 Å². The van der Waals surface area contributed by atoms with Crippen LogP contribution in [-0.2, 0) is 17.9 Å². The number of hydrogen-bond acceptors (Lipinski definition) is 5. The fourth-order valence-corrected chi connectivity index (χ4v) is 3.87. The molecule has 0 amide bonds. The van der Waals surface area contributed by atoms with Crippen molar-refractivity contribution in [3.05, 3.63) is 66.1 Å². The van der Waals surface area contributed by atoms with E-state index in [1.54, 1.807) is 7.11 Å².